The standard InChI is InChI=1S/C22H20Cl3NO/c23-19-8-9-22(27-15-17-6-7-20(24)13-21(17)25)18(12-19)14-26-11-10-16-4-2-1-3-5-16/h1-9,12-13,26H,10-11,14-15H2. The maximum absolute atomic E-state index is 6.22. The van der Waals surface area contributed by atoms with E-state index in [0.29, 0.717) is 28.2 Å². The van der Waals surface area contributed by atoms with Crippen LogP contribution < -0.4 is 10.1 Å². The van der Waals surface area contributed by atoms with Gasteiger partial charge in [0.05, 0.1) is 0 Å². The van der Waals surface area contributed by atoms with Gasteiger partial charge >= 0.3 is 0 Å². The first-order valence-corrected chi connectivity index (χ1v) is 9.85. The van der Waals surface area contributed by atoms with E-state index in [-0.39, 0.29) is 0 Å². The number of halogens is 3. The second kappa shape index (κ2) is 10.0. The van der Waals surface area contributed by atoms with Crippen molar-refractivity contribution in [2.24, 2.45) is 0 Å². The molecule has 0 amide bonds. The molecule has 0 aliphatic rings. The lowest BCUT2D eigenvalue weighted by molar-refractivity contribution is 0.302. The van der Waals surface area contributed by atoms with Crippen molar-refractivity contribution in [2.75, 3.05) is 6.54 Å². The number of nitrogens with one attached hydrogen (secondary N) is 1. The van der Waals surface area contributed by atoms with Crippen molar-refractivity contribution in [3.05, 3.63) is 98.5 Å². The molecule has 0 saturated carbocycles. The van der Waals surface area contributed by atoms with Gasteiger partial charge in [-0.25, -0.2) is 0 Å². The highest BCUT2D eigenvalue weighted by atomic mass is 35.5. The van der Waals surface area contributed by atoms with Crippen molar-refractivity contribution in [3.8, 4) is 5.75 Å². The van der Waals surface area contributed by atoms with Gasteiger partial charge in [0, 0.05) is 32.7 Å². The van der Waals surface area contributed by atoms with Crippen LogP contribution in [0.25, 0.3) is 0 Å². The summed E-state index contributed by atoms with van der Waals surface area (Å²) in [6, 6.07) is 21.4. The molecule has 0 fully saturated rings. The Hall–Kier alpha value is -1.71. The van der Waals surface area contributed by atoms with Gasteiger partial charge in [0.1, 0.15) is 12.4 Å². The quantitative estimate of drug-likeness (QED) is 0.417. The summed E-state index contributed by atoms with van der Waals surface area (Å²) in [5.74, 6) is 0.789. The Morgan fingerprint density at radius 2 is 1.52 bits per heavy atom. The first-order valence-electron chi connectivity index (χ1n) is 8.71. The normalized spacial score (nSPS) is 10.8. The summed E-state index contributed by atoms with van der Waals surface area (Å²) in [5, 5.41) is 5.35. The summed E-state index contributed by atoms with van der Waals surface area (Å²) in [4.78, 5) is 0. The number of ether oxygens (including phenoxy) is 1. The molecule has 0 aliphatic heterocycles. The molecule has 3 rings (SSSR count). The molecule has 0 atom stereocenters. The molecule has 0 aliphatic carbocycles. The van der Waals surface area contributed by atoms with Crippen LogP contribution in [0.4, 0.5) is 0 Å². The van der Waals surface area contributed by atoms with Crippen LogP contribution in [0.5, 0.6) is 5.75 Å². The first kappa shape index (κ1) is 20.0. The van der Waals surface area contributed by atoms with Crippen molar-refractivity contribution in [1.29, 1.82) is 0 Å². The third kappa shape index (κ3) is 6.15. The maximum Gasteiger partial charge on any atom is 0.124 e. The molecule has 0 radical (unpaired) electrons. The second-order valence-corrected chi connectivity index (χ2v) is 7.47. The van der Waals surface area contributed by atoms with Crippen molar-refractivity contribution < 1.29 is 4.74 Å². The molecular formula is C22H20Cl3NO. The molecule has 5 heteroatoms. The highest BCUT2D eigenvalue weighted by Gasteiger charge is 2.07. The van der Waals surface area contributed by atoms with Crippen LogP contribution in [0.3, 0.4) is 0 Å². The predicted molar refractivity (Wildman–Crippen MR) is 114 cm³/mol. The van der Waals surface area contributed by atoms with Crippen LogP contribution in [0, 0.1) is 0 Å². The van der Waals surface area contributed by atoms with Crippen LogP contribution in [0.15, 0.2) is 66.7 Å². The van der Waals surface area contributed by atoms with Crippen molar-refractivity contribution in [1.82, 2.24) is 5.32 Å². The minimum absolute atomic E-state index is 0.370. The molecule has 2 nitrogen and oxygen atoms in total. The molecule has 140 valence electrons. The number of hydrogen-bond donors (Lipinski definition) is 1. The van der Waals surface area contributed by atoms with Crippen molar-refractivity contribution in [3.63, 3.8) is 0 Å². The van der Waals surface area contributed by atoms with Crippen LogP contribution >= 0.6 is 34.8 Å². The lowest BCUT2D eigenvalue weighted by Gasteiger charge is -2.14. The van der Waals surface area contributed by atoms with Gasteiger partial charge in [-0.3, -0.25) is 0 Å². The second-order valence-electron chi connectivity index (χ2n) is 6.19. The monoisotopic (exact) mass is 419 g/mol. The molecule has 1 N–H and O–H groups in total. The van der Waals surface area contributed by atoms with Gasteiger partial charge < -0.3 is 10.1 Å². The Balaban J connectivity index is 1.59. The predicted octanol–water partition coefficient (Wildman–Crippen LogP) is 6.56. The Morgan fingerprint density at radius 3 is 2.30 bits per heavy atom. The summed E-state index contributed by atoms with van der Waals surface area (Å²) >= 11 is 18.3. The summed E-state index contributed by atoms with van der Waals surface area (Å²) in [6.07, 6.45) is 0.970. The van der Waals surface area contributed by atoms with Gasteiger partial charge in [-0.2, -0.15) is 0 Å². The van der Waals surface area contributed by atoms with E-state index in [0.717, 1.165) is 29.8 Å². The third-order valence-corrected chi connectivity index (χ3v) is 4.99. The van der Waals surface area contributed by atoms with E-state index in [4.69, 9.17) is 39.5 Å². The van der Waals surface area contributed by atoms with E-state index in [1.165, 1.54) is 5.56 Å². The minimum atomic E-state index is 0.370. The summed E-state index contributed by atoms with van der Waals surface area (Å²) in [6.45, 7) is 1.92. The Morgan fingerprint density at radius 1 is 0.778 bits per heavy atom. The molecule has 0 spiro atoms. The molecule has 0 bridgehead atoms. The summed E-state index contributed by atoms with van der Waals surface area (Å²) < 4.78 is 5.99. The van der Waals surface area contributed by atoms with E-state index < -0.39 is 0 Å². The van der Waals surface area contributed by atoms with E-state index in [2.05, 4.69) is 29.6 Å². The van der Waals surface area contributed by atoms with Crippen molar-refractivity contribution in [2.45, 2.75) is 19.6 Å². The topological polar surface area (TPSA) is 21.3 Å². The third-order valence-electron chi connectivity index (χ3n) is 4.17. The van der Waals surface area contributed by atoms with E-state index in [9.17, 15) is 0 Å². The zero-order valence-electron chi connectivity index (χ0n) is 14.7. The smallest absolute Gasteiger partial charge is 0.124 e. The first-order chi connectivity index (χ1) is 13.1. The average Bonchev–Trinajstić information content (AvgIpc) is 2.66. The molecule has 27 heavy (non-hydrogen) atoms. The summed E-state index contributed by atoms with van der Waals surface area (Å²) in [5.41, 5.74) is 3.21. The van der Waals surface area contributed by atoms with Gasteiger partial charge in [-0.1, -0.05) is 71.2 Å². The van der Waals surface area contributed by atoms with Crippen LogP contribution in [0.2, 0.25) is 15.1 Å². The lowest BCUT2D eigenvalue weighted by atomic mass is 10.1. The summed E-state index contributed by atoms with van der Waals surface area (Å²) in [7, 11) is 0. The zero-order valence-corrected chi connectivity index (χ0v) is 17.0. The zero-order chi connectivity index (χ0) is 19.1. The SMILES string of the molecule is Clc1ccc(COc2ccc(Cl)cc2CNCCc2ccccc2)c(Cl)c1. The van der Waals surface area contributed by atoms with Gasteiger partial charge in [0.2, 0.25) is 0 Å². The number of rotatable bonds is 8. The molecule has 0 saturated heterocycles. The number of benzene rings is 3. The molecule has 3 aromatic rings. The largest absolute Gasteiger partial charge is 0.489 e. The fourth-order valence-electron chi connectivity index (χ4n) is 2.72. The van der Waals surface area contributed by atoms with E-state index >= 15 is 0 Å². The van der Waals surface area contributed by atoms with Crippen molar-refractivity contribution >= 4 is 34.8 Å². The van der Waals surface area contributed by atoms with Gasteiger partial charge in [0.25, 0.3) is 0 Å². The minimum Gasteiger partial charge on any atom is -0.489 e. The van der Waals surface area contributed by atoms with Crippen LogP contribution in [-0.2, 0) is 19.6 Å². The molecule has 3 aromatic carbocycles. The number of hydrogen-bond acceptors (Lipinski definition) is 2. The van der Waals surface area contributed by atoms with E-state index in [1.54, 1.807) is 12.1 Å². The Bertz CT molecular complexity index is 884. The highest BCUT2D eigenvalue weighted by Crippen LogP contribution is 2.26. The highest BCUT2D eigenvalue weighted by molar-refractivity contribution is 6.35. The lowest BCUT2D eigenvalue weighted by Crippen LogP contribution is -2.17. The fourth-order valence-corrected chi connectivity index (χ4v) is 3.38. The Kier molecular flexibility index (Phi) is 7.42. The molecule has 0 unspecified atom stereocenters. The Labute approximate surface area is 175 Å². The van der Waals surface area contributed by atoms with Crippen LogP contribution in [-0.4, -0.2) is 6.54 Å². The fraction of sp³-hybridized carbons (Fsp3) is 0.182. The van der Waals surface area contributed by atoms with Gasteiger partial charge in [0.15, 0.2) is 0 Å². The molecule has 0 heterocycles. The molecule has 0 aromatic heterocycles. The molecular weight excluding hydrogens is 401 g/mol. The van der Waals surface area contributed by atoms with Gasteiger partial charge in [-0.15, -0.1) is 0 Å². The average molecular weight is 421 g/mol. The maximum atomic E-state index is 6.22. The van der Waals surface area contributed by atoms with E-state index in [1.807, 2.05) is 30.3 Å². The van der Waals surface area contributed by atoms with Crippen LogP contribution in [0.1, 0.15) is 16.7 Å². The van der Waals surface area contributed by atoms with Gasteiger partial charge in [-0.05, 0) is 48.9 Å².